The fraction of sp³-hybridized carbons (Fsp3) is 0.643. The molecule has 2 heteroatoms. The van der Waals surface area contributed by atoms with Crippen LogP contribution in [-0.2, 0) is 12.8 Å². The highest BCUT2D eigenvalue weighted by Gasteiger charge is 2.04. The third kappa shape index (κ3) is 4.75. The van der Waals surface area contributed by atoms with E-state index in [1.165, 1.54) is 17.7 Å². The topological polar surface area (TPSA) is 24.9 Å². The number of hydrogen-bond acceptors (Lipinski definition) is 2. The van der Waals surface area contributed by atoms with Gasteiger partial charge in [0.2, 0.25) is 0 Å². The highest BCUT2D eigenvalue weighted by atomic mass is 14.8. The van der Waals surface area contributed by atoms with Crippen LogP contribution in [0.3, 0.4) is 0 Å². The summed E-state index contributed by atoms with van der Waals surface area (Å²) in [4.78, 5) is 4.50. The van der Waals surface area contributed by atoms with Crippen LogP contribution in [0.15, 0.2) is 18.3 Å². The molecule has 0 aliphatic heterocycles. The van der Waals surface area contributed by atoms with E-state index >= 15 is 0 Å². The average Bonchev–Trinajstić information content (AvgIpc) is 2.30. The molecule has 16 heavy (non-hydrogen) atoms. The van der Waals surface area contributed by atoms with E-state index in [4.69, 9.17) is 0 Å². The molecule has 2 nitrogen and oxygen atoms in total. The molecule has 0 aliphatic rings. The van der Waals surface area contributed by atoms with Gasteiger partial charge >= 0.3 is 0 Å². The van der Waals surface area contributed by atoms with Gasteiger partial charge in [0.25, 0.3) is 0 Å². The maximum Gasteiger partial charge on any atom is 0.0406 e. The van der Waals surface area contributed by atoms with Crippen molar-refractivity contribution in [2.24, 2.45) is 5.92 Å². The van der Waals surface area contributed by atoms with Crippen molar-refractivity contribution < 1.29 is 0 Å². The van der Waals surface area contributed by atoms with Crippen molar-refractivity contribution >= 4 is 0 Å². The van der Waals surface area contributed by atoms with Gasteiger partial charge in [-0.1, -0.05) is 26.8 Å². The van der Waals surface area contributed by atoms with Crippen LogP contribution in [-0.4, -0.2) is 18.1 Å². The molecule has 1 atom stereocenters. The molecule has 1 rings (SSSR count). The Bertz CT molecular complexity index is 279. The number of pyridine rings is 1. The molecular formula is C14H24N2. The Morgan fingerprint density at radius 3 is 2.69 bits per heavy atom. The van der Waals surface area contributed by atoms with Crippen molar-refractivity contribution in [2.45, 2.75) is 40.0 Å². The molecule has 90 valence electrons. The number of aryl methyl sites for hydroxylation is 1. The fourth-order valence-electron chi connectivity index (χ4n) is 1.77. The number of rotatable bonds is 7. The van der Waals surface area contributed by atoms with E-state index < -0.39 is 0 Å². The molecular weight excluding hydrogens is 196 g/mol. The maximum atomic E-state index is 4.50. The molecule has 0 aliphatic carbocycles. The lowest BCUT2D eigenvalue weighted by molar-refractivity contribution is 0.499. The monoisotopic (exact) mass is 220 g/mol. The zero-order valence-corrected chi connectivity index (χ0v) is 10.8. The normalized spacial score (nSPS) is 12.7. The van der Waals surface area contributed by atoms with Crippen LogP contribution in [0.4, 0.5) is 0 Å². The summed E-state index contributed by atoms with van der Waals surface area (Å²) in [6.45, 7) is 8.79. The molecule has 1 aromatic heterocycles. The lowest BCUT2D eigenvalue weighted by Gasteiger charge is -2.11. The quantitative estimate of drug-likeness (QED) is 0.715. The smallest absolute Gasteiger partial charge is 0.0406 e. The number of hydrogen-bond donors (Lipinski definition) is 1. The second kappa shape index (κ2) is 7.39. The van der Waals surface area contributed by atoms with E-state index in [0.29, 0.717) is 5.92 Å². The highest BCUT2D eigenvalue weighted by Crippen LogP contribution is 2.10. The minimum Gasteiger partial charge on any atom is -0.317 e. The van der Waals surface area contributed by atoms with Gasteiger partial charge in [-0.15, -0.1) is 0 Å². The molecule has 0 amide bonds. The summed E-state index contributed by atoms with van der Waals surface area (Å²) in [7, 11) is 0. The molecule has 0 saturated carbocycles. The summed E-state index contributed by atoms with van der Waals surface area (Å²) >= 11 is 0. The Balaban J connectivity index is 2.34. The third-order valence-corrected chi connectivity index (χ3v) is 2.92. The molecule has 0 spiro atoms. The van der Waals surface area contributed by atoms with E-state index in [9.17, 15) is 0 Å². The Kier molecular flexibility index (Phi) is 6.09. The molecule has 0 saturated heterocycles. The van der Waals surface area contributed by atoms with Crippen LogP contribution >= 0.6 is 0 Å². The van der Waals surface area contributed by atoms with Gasteiger partial charge in [-0.25, -0.2) is 0 Å². The van der Waals surface area contributed by atoms with E-state index in [1.807, 2.05) is 6.20 Å². The Hall–Kier alpha value is -0.890. The molecule has 1 heterocycles. The molecule has 0 fully saturated rings. The predicted octanol–water partition coefficient (Wildman–Crippen LogP) is 2.82. The maximum absolute atomic E-state index is 4.50. The van der Waals surface area contributed by atoms with Crippen LogP contribution in [0.2, 0.25) is 0 Å². The zero-order chi connectivity index (χ0) is 11.8. The van der Waals surface area contributed by atoms with Crippen molar-refractivity contribution in [3.05, 3.63) is 29.6 Å². The second-order valence-corrected chi connectivity index (χ2v) is 4.46. The lowest BCUT2D eigenvalue weighted by Crippen LogP contribution is -2.17. The Labute approximate surface area is 99.5 Å². The molecule has 1 N–H and O–H groups in total. The van der Waals surface area contributed by atoms with E-state index in [1.54, 1.807) is 0 Å². The average molecular weight is 220 g/mol. The first kappa shape index (κ1) is 13.2. The summed E-state index contributed by atoms with van der Waals surface area (Å²) in [5.74, 6) is 0.707. The van der Waals surface area contributed by atoms with Crippen LogP contribution in [0.1, 0.15) is 38.4 Å². The van der Waals surface area contributed by atoms with Crippen molar-refractivity contribution in [1.82, 2.24) is 10.3 Å². The van der Waals surface area contributed by atoms with Crippen LogP contribution in [0.5, 0.6) is 0 Å². The van der Waals surface area contributed by atoms with Gasteiger partial charge < -0.3 is 5.32 Å². The van der Waals surface area contributed by atoms with Gasteiger partial charge in [-0.3, -0.25) is 4.98 Å². The van der Waals surface area contributed by atoms with Crippen molar-refractivity contribution in [2.75, 3.05) is 13.1 Å². The van der Waals surface area contributed by atoms with Crippen LogP contribution in [0, 0.1) is 5.92 Å². The largest absolute Gasteiger partial charge is 0.317 e. The minimum absolute atomic E-state index is 0.707. The van der Waals surface area contributed by atoms with Gasteiger partial charge in [-0.05, 0) is 49.9 Å². The first-order chi connectivity index (χ1) is 7.76. The highest BCUT2D eigenvalue weighted by molar-refractivity contribution is 5.14. The summed E-state index contributed by atoms with van der Waals surface area (Å²) < 4.78 is 0. The van der Waals surface area contributed by atoms with Crippen molar-refractivity contribution in [3.63, 3.8) is 0 Å². The summed E-state index contributed by atoms with van der Waals surface area (Å²) in [5, 5.41) is 3.36. The lowest BCUT2D eigenvalue weighted by atomic mass is 10.0. The summed E-state index contributed by atoms with van der Waals surface area (Å²) in [6, 6.07) is 4.36. The van der Waals surface area contributed by atoms with E-state index in [0.717, 1.165) is 25.9 Å². The van der Waals surface area contributed by atoms with E-state index in [2.05, 4.69) is 43.2 Å². The Morgan fingerprint density at radius 1 is 1.31 bits per heavy atom. The van der Waals surface area contributed by atoms with Crippen molar-refractivity contribution in [3.8, 4) is 0 Å². The summed E-state index contributed by atoms with van der Waals surface area (Å²) in [6.07, 6.45) is 5.40. The first-order valence-electron chi connectivity index (χ1n) is 6.40. The van der Waals surface area contributed by atoms with Gasteiger partial charge in [0.1, 0.15) is 0 Å². The molecule has 1 unspecified atom stereocenters. The number of aromatic nitrogens is 1. The first-order valence-corrected chi connectivity index (χ1v) is 6.40. The van der Waals surface area contributed by atoms with Gasteiger partial charge in [0, 0.05) is 11.9 Å². The third-order valence-electron chi connectivity index (χ3n) is 2.92. The number of nitrogens with zero attached hydrogens (tertiary/aromatic N) is 1. The fourth-order valence-corrected chi connectivity index (χ4v) is 1.77. The van der Waals surface area contributed by atoms with Gasteiger partial charge in [-0.2, -0.15) is 0 Å². The van der Waals surface area contributed by atoms with Gasteiger partial charge in [0.05, 0.1) is 0 Å². The standard InChI is InChI=1S/C14H24N2/c1-4-13-6-7-14(16-11-13)10-12(3)8-9-15-5-2/h6-7,11-12,15H,4-5,8-10H2,1-3H3. The van der Waals surface area contributed by atoms with Crippen LogP contribution < -0.4 is 5.32 Å². The van der Waals surface area contributed by atoms with Crippen molar-refractivity contribution in [1.29, 1.82) is 0 Å². The molecule has 1 aromatic rings. The minimum atomic E-state index is 0.707. The SMILES string of the molecule is CCNCCC(C)Cc1ccc(CC)cn1. The van der Waals surface area contributed by atoms with E-state index in [-0.39, 0.29) is 0 Å². The number of nitrogens with one attached hydrogen (secondary N) is 1. The predicted molar refractivity (Wildman–Crippen MR) is 69.6 cm³/mol. The molecule has 0 aromatic carbocycles. The molecule has 0 bridgehead atoms. The summed E-state index contributed by atoms with van der Waals surface area (Å²) in [5.41, 5.74) is 2.55. The second-order valence-electron chi connectivity index (χ2n) is 4.46. The zero-order valence-electron chi connectivity index (χ0n) is 10.8. The van der Waals surface area contributed by atoms with Crippen LogP contribution in [0.25, 0.3) is 0 Å². The molecule has 0 radical (unpaired) electrons. The van der Waals surface area contributed by atoms with Gasteiger partial charge in [0.15, 0.2) is 0 Å². The Morgan fingerprint density at radius 2 is 2.12 bits per heavy atom.